The van der Waals surface area contributed by atoms with Gasteiger partial charge in [-0.15, -0.1) is 0 Å². The number of aliphatic hydroxyl groups excluding tert-OH is 1. The molecule has 6 heteroatoms. The Balaban J connectivity index is 1.97. The minimum absolute atomic E-state index is 0.187. The highest BCUT2D eigenvalue weighted by atomic mass is 16.5. The highest BCUT2D eigenvalue weighted by Gasteiger charge is 2.25. The van der Waals surface area contributed by atoms with E-state index in [0.29, 0.717) is 31.5 Å². The summed E-state index contributed by atoms with van der Waals surface area (Å²) < 4.78 is 10.4. The van der Waals surface area contributed by atoms with Crippen LogP contribution in [0.1, 0.15) is 26.7 Å². The molecule has 1 fully saturated rings. The van der Waals surface area contributed by atoms with E-state index >= 15 is 0 Å². The van der Waals surface area contributed by atoms with Gasteiger partial charge in [0, 0.05) is 13.1 Å². The summed E-state index contributed by atoms with van der Waals surface area (Å²) >= 11 is 0. The molecule has 18 heavy (non-hydrogen) atoms. The van der Waals surface area contributed by atoms with E-state index in [2.05, 4.69) is 10.1 Å². The SMILES string of the molecule is CC(C)(C)C(O)Cc1nc(N2CCOCC2)no1. The molecule has 6 nitrogen and oxygen atoms in total. The first-order valence-corrected chi connectivity index (χ1v) is 6.30. The van der Waals surface area contributed by atoms with E-state index in [1.54, 1.807) is 0 Å². The number of morpholine rings is 1. The lowest BCUT2D eigenvalue weighted by atomic mass is 9.87. The van der Waals surface area contributed by atoms with E-state index in [-0.39, 0.29) is 5.41 Å². The third-order valence-corrected chi connectivity index (χ3v) is 3.12. The molecule has 0 saturated carbocycles. The number of rotatable bonds is 3. The smallest absolute Gasteiger partial charge is 0.266 e. The van der Waals surface area contributed by atoms with Crippen molar-refractivity contribution in [2.45, 2.75) is 33.3 Å². The van der Waals surface area contributed by atoms with Crippen molar-refractivity contribution in [2.24, 2.45) is 5.41 Å². The molecule has 1 unspecified atom stereocenters. The fraction of sp³-hybridized carbons (Fsp3) is 0.833. The van der Waals surface area contributed by atoms with Crippen LogP contribution in [0.3, 0.4) is 0 Å². The van der Waals surface area contributed by atoms with Crippen LogP contribution in [-0.4, -0.2) is 47.7 Å². The number of aromatic nitrogens is 2. The van der Waals surface area contributed by atoms with Crippen molar-refractivity contribution in [2.75, 3.05) is 31.2 Å². The van der Waals surface area contributed by atoms with Crippen LogP contribution in [-0.2, 0) is 11.2 Å². The maximum absolute atomic E-state index is 10.00. The summed E-state index contributed by atoms with van der Waals surface area (Å²) in [5.41, 5.74) is -0.187. The van der Waals surface area contributed by atoms with Crippen molar-refractivity contribution in [3.8, 4) is 0 Å². The van der Waals surface area contributed by atoms with Gasteiger partial charge in [0.15, 0.2) is 0 Å². The van der Waals surface area contributed by atoms with E-state index in [4.69, 9.17) is 9.26 Å². The summed E-state index contributed by atoms with van der Waals surface area (Å²) in [5, 5.41) is 13.9. The quantitative estimate of drug-likeness (QED) is 0.863. The molecule has 2 heterocycles. The molecule has 1 saturated heterocycles. The second-order valence-corrected chi connectivity index (χ2v) is 5.67. The molecule has 0 aliphatic carbocycles. The summed E-state index contributed by atoms with van der Waals surface area (Å²) in [6.07, 6.45) is -0.101. The largest absolute Gasteiger partial charge is 0.392 e. The van der Waals surface area contributed by atoms with E-state index in [1.807, 2.05) is 25.7 Å². The first-order chi connectivity index (χ1) is 8.47. The van der Waals surface area contributed by atoms with Crippen LogP contribution >= 0.6 is 0 Å². The van der Waals surface area contributed by atoms with Gasteiger partial charge >= 0.3 is 0 Å². The van der Waals surface area contributed by atoms with Gasteiger partial charge in [0.1, 0.15) is 0 Å². The number of anilines is 1. The minimum Gasteiger partial charge on any atom is -0.392 e. The van der Waals surface area contributed by atoms with Crippen LogP contribution in [0.5, 0.6) is 0 Å². The maximum atomic E-state index is 10.00. The lowest BCUT2D eigenvalue weighted by Crippen LogP contribution is -2.36. The fourth-order valence-electron chi connectivity index (χ4n) is 1.69. The first kappa shape index (κ1) is 13.3. The molecular formula is C12H21N3O3. The third-order valence-electron chi connectivity index (χ3n) is 3.12. The topological polar surface area (TPSA) is 71.6 Å². The van der Waals surface area contributed by atoms with E-state index in [9.17, 15) is 5.11 Å². The van der Waals surface area contributed by atoms with Crippen molar-refractivity contribution in [3.63, 3.8) is 0 Å². The first-order valence-electron chi connectivity index (χ1n) is 6.30. The highest BCUT2D eigenvalue weighted by molar-refractivity contribution is 5.28. The molecule has 0 amide bonds. The van der Waals surface area contributed by atoms with Crippen LogP contribution in [0.15, 0.2) is 4.52 Å². The van der Waals surface area contributed by atoms with Crippen molar-refractivity contribution < 1.29 is 14.4 Å². The van der Waals surface area contributed by atoms with Gasteiger partial charge in [0.05, 0.1) is 25.7 Å². The number of ether oxygens (including phenoxy) is 1. The van der Waals surface area contributed by atoms with Gasteiger partial charge in [-0.25, -0.2) is 0 Å². The average molecular weight is 255 g/mol. The molecule has 102 valence electrons. The van der Waals surface area contributed by atoms with Gasteiger partial charge in [0.25, 0.3) is 5.95 Å². The Morgan fingerprint density at radius 2 is 2.00 bits per heavy atom. The van der Waals surface area contributed by atoms with Gasteiger partial charge in [-0.2, -0.15) is 4.98 Å². The predicted molar refractivity (Wildman–Crippen MR) is 66.5 cm³/mol. The Morgan fingerprint density at radius 1 is 1.33 bits per heavy atom. The Labute approximate surface area is 107 Å². The van der Waals surface area contributed by atoms with Crippen molar-refractivity contribution in [3.05, 3.63) is 5.89 Å². The fourth-order valence-corrected chi connectivity index (χ4v) is 1.69. The monoisotopic (exact) mass is 255 g/mol. The van der Waals surface area contributed by atoms with Crippen LogP contribution < -0.4 is 4.90 Å². The zero-order chi connectivity index (χ0) is 13.2. The van der Waals surface area contributed by atoms with Gasteiger partial charge in [-0.3, -0.25) is 0 Å². The van der Waals surface area contributed by atoms with Crippen molar-refractivity contribution >= 4 is 5.95 Å². The number of hydrogen-bond acceptors (Lipinski definition) is 6. The zero-order valence-electron chi connectivity index (χ0n) is 11.2. The Bertz CT molecular complexity index is 380. The summed E-state index contributed by atoms with van der Waals surface area (Å²) in [6, 6.07) is 0. The van der Waals surface area contributed by atoms with E-state index in [1.165, 1.54) is 0 Å². The predicted octanol–water partition coefficient (Wildman–Crippen LogP) is 0.856. The Hall–Kier alpha value is -1.14. The molecule has 1 aromatic heterocycles. The van der Waals surface area contributed by atoms with Crippen molar-refractivity contribution in [1.82, 2.24) is 10.1 Å². The molecular weight excluding hydrogens is 234 g/mol. The standard InChI is InChI=1S/C12H21N3O3/c1-12(2,3)9(16)8-10-13-11(14-18-10)15-4-6-17-7-5-15/h9,16H,4-8H2,1-3H3. The molecule has 1 aliphatic rings. The van der Waals surface area contributed by atoms with Gasteiger partial charge in [-0.05, 0) is 10.6 Å². The van der Waals surface area contributed by atoms with Crippen LogP contribution in [0.2, 0.25) is 0 Å². The highest BCUT2D eigenvalue weighted by Crippen LogP contribution is 2.22. The normalized spacial score (nSPS) is 19.0. The Morgan fingerprint density at radius 3 is 2.61 bits per heavy atom. The van der Waals surface area contributed by atoms with E-state index in [0.717, 1.165) is 13.1 Å². The molecule has 0 radical (unpaired) electrons. The summed E-state index contributed by atoms with van der Waals surface area (Å²) in [7, 11) is 0. The third kappa shape index (κ3) is 3.20. The average Bonchev–Trinajstić information content (AvgIpc) is 2.77. The molecule has 2 rings (SSSR count). The van der Waals surface area contributed by atoms with Gasteiger partial charge in [0.2, 0.25) is 5.89 Å². The summed E-state index contributed by atoms with van der Waals surface area (Å²) in [4.78, 5) is 6.35. The lowest BCUT2D eigenvalue weighted by molar-refractivity contribution is 0.0565. The molecule has 0 spiro atoms. The lowest BCUT2D eigenvalue weighted by Gasteiger charge is -2.25. The van der Waals surface area contributed by atoms with Crippen LogP contribution in [0.4, 0.5) is 5.95 Å². The molecule has 1 atom stereocenters. The number of hydrogen-bond donors (Lipinski definition) is 1. The van der Waals surface area contributed by atoms with Crippen LogP contribution in [0.25, 0.3) is 0 Å². The van der Waals surface area contributed by atoms with Crippen LogP contribution in [0, 0.1) is 5.41 Å². The molecule has 0 bridgehead atoms. The zero-order valence-corrected chi connectivity index (χ0v) is 11.2. The number of nitrogens with zero attached hydrogens (tertiary/aromatic N) is 3. The Kier molecular flexibility index (Phi) is 3.87. The minimum atomic E-state index is -0.490. The molecule has 1 N–H and O–H groups in total. The summed E-state index contributed by atoms with van der Waals surface area (Å²) in [6.45, 7) is 8.88. The molecule has 1 aromatic rings. The number of aliphatic hydroxyl groups is 1. The summed E-state index contributed by atoms with van der Waals surface area (Å²) in [5.74, 6) is 1.08. The molecule has 0 aromatic carbocycles. The van der Waals surface area contributed by atoms with Gasteiger partial charge < -0.3 is 19.3 Å². The second kappa shape index (κ2) is 5.24. The molecule has 1 aliphatic heterocycles. The van der Waals surface area contributed by atoms with Crippen molar-refractivity contribution in [1.29, 1.82) is 0 Å². The maximum Gasteiger partial charge on any atom is 0.266 e. The van der Waals surface area contributed by atoms with Gasteiger partial charge in [-0.1, -0.05) is 20.8 Å². The second-order valence-electron chi connectivity index (χ2n) is 5.67. The van der Waals surface area contributed by atoms with E-state index < -0.39 is 6.10 Å².